The molecule has 1 aromatic rings. The van der Waals surface area contributed by atoms with Crippen molar-refractivity contribution in [2.45, 2.75) is 31.7 Å². The van der Waals surface area contributed by atoms with Crippen molar-refractivity contribution >= 4 is 11.8 Å². The molecule has 0 aromatic heterocycles. The van der Waals surface area contributed by atoms with E-state index in [-0.39, 0.29) is 36.8 Å². The van der Waals surface area contributed by atoms with Crippen molar-refractivity contribution in [2.24, 2.45) is 5.92 Å². The number of nitrogens with zero attached hydrogens (tertiary/aromatic N) is 1. The fraction of sp³-hybridized carbons (Fsp3) is 0.467. The molecule has 1 aliphatic heterocycles. The van der Waals surface area contributed by atoms with E-state index in [4.69, 9.17) is 0 Å². The zero-order chi connectivity index (χ0) is 13.4. The van der Waals surface area contributed by atoms with E-state index in [2.05, 4.69) is 0 Å². The second-order valence-corrected chi connectivity index (χ2v) is 5.34. The number of carbonyl (C=O) groups is 2. The van der Waals surface area contributed by atoms with Crippen LogP contribution in [0.5, 0.6) is 0 Å². The van der Waals surface area contributed by atoms with Crippen molar-refractivity contribution in [3.8, 4) is 0 Å². The van der Waals surface area contributed by atoms with Crippen molar-refractivity contribution in [3.05, 3.63) is 35.4 Å². The number of imide groups is 1. The molecule has 0 bridgehead atoms. The first kappa shape index (κ1) is 12.4. The summed E-state index contributed by atoms with van der Waals surface area (Å²) in [6.45, 7) is 0.0450. The van der Waals surface area contributed by atoms with Gasteiger partial charge in [0, 0.05) is 24.1 Å². The van der Waals surface area contributed by atoms with Gasteiger partial charge in [-0.25, -0.2) is 0 Å². The van der Waals surface area contributed by atoms with Crippen LogP contribution in [-0.2, 0) is 11.2 Å². The van der Waals surface area contributed by atoms with Gasteiger partial charge in [0.25, 0.3) is 5.91 Å². The Morgan fingerprint density at radius 3 is 2.79 bits per heavy atom. The van der Waals surface area contributed by atoms with E-state index < -0.39 is 0 Å². The van der Waals surface area contributed by atoms with Crippen molar-refractivity contribution in [3.63, 3.8) is 0 Å². The first-order valence-corrected chi connectivity index (χ1v) is 6.77. The number of hydrogen-bond donors (Lipinski definition) is 1. The first-order chi connectivity index (χ1) is 9.22. The number of amides is 2. The normalized spacial score (nSPS) is 26.7. The van der Waals surface area contributed by atoms with Crippen molar-refractivity contribution in [2.75, 3.05) is 6.61 Å². The Balaban J connectivity index is 1.95. The van der Waals surface area contributed by atoms with Gasteiger partial charge in [-0.05, 0) is 24.5 Å². The standard InChI is InChI=1S/C15H17NO3/c17-9-11-5-3-7-13(11)16-14(18)8-10-4-1-2-6-12(10)15(16)19/h1-2,4,6,11,13,17H,3,5,7-9H2. The predicted octanol–water partition coefficient (Wildman–Crippen LogP) is 1.37. The van der Waals surface area contributed by atoms with E-state index in [0.717, 1.165) is 24.8 Å². The van der Waals surface area contributed by atoms with Gasteiger partial charge in [-0.15, -0.1) is 0 Å². The molecule has 1 saturated carbocycles. The highest BCUT2D eigenvalue weighted by Crippen LogP contribution is 2.33. The number of aliphatic hydroxyl groups excluding tert-OH is 1. The number of aliphatic hydroxyl groups is 1. The highest BCUT2D eigenvalue weighted by Gasteiger charge is 2.41. The lowest BCUT2D eigenvalue weighted by Crippen LogP contribution is -2.50. The molecule has 0 saturated heterocycles. The van der Waals surface area contributed by atoms with E-state index >= 15 is 0 Å². The summed E-state index contributed by atoms with van der Waals surface area (Å²) in [5, 5.41) is 9.39. The Bertz CT molecular complexity index is 526. The monoisotopic (exact) mass is 259 g/mol. The smallest absolute Gasteiger partial charge is 0.261 e. The van der Waals surface area contributed by atoms with Gasteiger partial charge in [-0.2, -0.15) is 0 Å². The SMILES string of the molecule is O=C1Cc2ccccc2C(=O)N1C1CCCC1CO. The molecule has 4 heteroatoms. The van der Waals surface area contributed by atoms with Crippen molar-refractivity contribution in [1.29, 1.82) is 0 Å². The zero-order valence-corrected chi connectivity index (χ0v) is 10.7. The predicted molar refractivity (Wildman–Crippen MR) is 69.5 cm³/mol. The lowest BCUT2D eigenvalue weighted by molar-refractivity contribution is -0.131. The molecule has 1 fully saturated rings. The topological polar surface area (TPSA) is 57.6 Å². The second-order valence-electron chi connectivity index (χ2n) is 5.34. The van der Waals surface area contributed by atoms with Crippen LogP contribution in [0, 0.1) is 5.92 Å². The third-order valence-corrected chi connectivity index (χ3v) is 4.26. The van der Waals surface area contributed by atoms with Gasteiger partial charge in [-0.3, -0.25) is 14.5 Å². The molecule has 1 aromatic carbocycles. The molecule has 100 valence electrons. The number of benzene rings is 1. The summed E-state index contributed by atoms with van der Waals surface area (Å²) in [7, 11) is 0. The highest BCUT2D eigenvalue weighted by molar-refractivity contribution is 6.10. The van der Waals surface area contributed by atoms with Gasteiger partial charge in [0.05, 0.1) is 6.42 Å². The molecule has 2 atom stereocenters. The zero-order valence-electron chi connectivity index (χ0n) is 10.7. The van der Waals surface area contributed by atoms with Crippen LogP contribution < -0.4 is 0 Å². The Morgan fingerprint density at radius 1 is 1.21 bits per heavy atom. The number of rotatable bonds is 2. The van der Waals surface area contributed by atoms with E-state index in [9.17, 15) is 14.7 Å². The van der Waals surface area contributed by atoms with Gasteiger partial charge in [0.2, 0.25) is 5.91 Å². The molecular weight excluding hydrogens is 242 g/mol. The average molecular weight is 259 g/mol. The lowest BCUT2D eigenvalue weighted by atomic mass is 9.94. The first-order valence-electron chi connectivity index (χ1n) is 6.77. The molecule has 4 nitrogen and oxygen atoms in total. The minimum absolute atomic E-state index is 0.0400. The van der Waals surface area contributed by atoms with Crippen molar-refractivity contribution < 1.29 is 14.7 Å². The average Bonchev–Trinajstić information content (AvgIpc) is 2.87. The summed E-state index contributed by atoms with van der Waals surface area (Å²) in [6.07, 6.45) is 2.95. The fourth-order valence-electron chi connectivity index (χ4n) is 3.28. The summed E-state index contributed by atoms with van der Waals surface area (Å²) in [6, 6.07) is 7.16. The lowest BCUT2D eigenvalue weighted by Gasteiger charge is -2.34. The minimum Gasteiger partial charge on any atom is -0.396 e. The molecule has 2 unspecified atom stereocenters. The molecule has 1 heterocycles. The van der Waals surface area contributed by atoms with E-state index in [1.54, 1.807) is 6.07 Å². The number of hydrogen-bond acceptors (Lipinski definition) is 3. The van der Waals surface area contributed by atoms with Gasteiger partial charge in [-0.1, -0.05) is 24.6 Å². The minimum atomic E-state index is -0.197. The summed E-state index contributed by atoms with van der Waals surface area (Å²) in [5.41, 5.74) is 1.44. The summed E-state index contributed by atoms with van der Waals surface area (Å²) in [5.74, 6) is -0.288. The molecule has 19 heavy (non-hydrogen) atoms. The molecule has 3 rings (SSSR count). The summed E-state index contributed by atoms with van der Waals surface area (Å²) in [4.78, 5) is 26.1. The van der Waals surface area contributed by atoms with E-state index in [1.807, 2.05) is 18.2 Å². The van der Waals surface area contributed by atoms with Crippen LogP contribution in [-0.4, -0.2) is 34.5 Å². The quantitative estimate of drug-likeness (QED) is 0.816. The number of fused-ring (bicyclic) bond motifs is 1. The van der Waals surface area contributed by atoms with Gasteiger partial charge >= 0.3 is 0 Å². The molecule has 2 amide bonds. The van der Waals surface area contributed by atoms with Crippen LogP contribution in [0.2, 0.25) is 0 Å². The molecule has 0 radical (unpaired) electrons. The van der Waals surface area contributed by atoms with Gasteiger partial charge in [0.1, 0.15) is 0 Å². The number of carbonyl (C=O) groups excluding carboxylic acids is 2. The van der Waals surface area contributed by atoms with E-state index in [1.165, 1.54) is 4.90 Å². The third-order valence-electron chi connectivity index (χ3n) is 4.26. The Morgan fingerprint density at radius 2 is 2.00 bits per heavy atom. The maximum absolute atomic E-state index is 12.5. The van der Waals surface area contributed by atoms with Crippen LogP contribution in [0.15, 0.2) is 24.3 Å². The Hall–Kier alpha value is -1.68. The highest BCUT2D eigenvalue weighted by atomic mass is 16.3. The Labute approximate surface area is 112 Å². The third kappa shape index (κ3) is 1.96. The van der Waals surface area contributed by atoms with Crippen LogP contribution >= 0.6 is 0 Å². The molecule has 2 aliphatic rings. The molecule has 1 aliphatic carbocycles. The summed E-state index contributed by atoms with van der Waals surface area (Å²) < 4.78 is 0. The van der Waals surface area contributed by atoms with Gasteiger partial charge < -0.3 is 5.11 Å². The van der Waals surface area contributed by atoms with Crippen LogP contribution in [0.25, 0.3) is 0 Å². The van der Waals surface area contributed by atoms with Crippen molar-refractivity contribution in [1.82, 2.24) is 4.90 Å². The second kappa shape index (κ2) is 4.78. The van der Waals surface area contributed by atoms with Crippen LogP contribution in [0.3, 0.4) is 0 Å². The van der Waals surface area contributed by atoms with Gasteiger partial charge in [0.15, 0.2) is 0 Å². The van der Waals surface area contributed by atoms with E-state index in [0.29, 0.717) is 5.56 Å². The molecule has 1 N–H and O–H groups in total. The molecular formula is C15H17NO3. The largest absolute Gasteiger partial charge is 0.396 e. The molecule has 0 spiro atoms. The Kier molecular flexibility index (Phi) is 3.11. The summed E-state index contributed by atoms with van der Waals surface area (Å²) >= 11 is 0. The maximum Gasteiger partial charge on any atom is 0.261 e. The van der Waals surface area contributed by atoms with Crippen LogP contribution in [0.1, 0.15) is 35.2 Å². The van der Waals surface area contributed by atoms with Crippen LogP contribution in [0.4, 0.5) is 0 Å². The maximum atomic E-state index is 12.5. The fourth-order valence-corrected chi connectivity index (χ4v) is 3.28.